The molecule has 0 atom stereocenters. The predicted octanol–water partition coefficient (Wildman–Crippen LogP) is 4.09. The number of hydrogen-bond acceptors (Lipinski definition) is 6. The van der Waals surface area contributed by atoms with Gasteiger partial charge in [0.1, 0.15) is 11.4 Å². The maximum atomic E-state index is 13.5. The minimum atomic E-state index is 0.167. The summed E-state index contributed by atoms with van der Waals surface area (Å²) < 4.78 is 10.7. The van der Waals surface area contributed by atoms with Crippen molar-refractivity contribution in [1.82, 2.24) is 14.9 Å². The number of fused-ring (bicyclic) bond motifs is 1. The molecular weight excluding hydrogens is 362 g/mol. The first-order valence-electron chi connectivity index (χ1n) is 9.79. The Labute approximate surface area is 163 Å². The van der Waals surface area contributed by atoms with Crippen LogP contribution in [-0.4, -0.2) is 47.1 Å². The van der Waals surface area contributed by atoms with E-state index in [0.717, 1.165) is 46.3 Å². The average molecular weight is 390 g/mol. The van der Waals surface area contributed by atoms with E-state index in [-0.39, 0.29) is 5.91 Å². The third kappa shape index (κ3) is 3.55. The van der Waals surface area contributed by atoms with Gasteiger partial charge in [-0.2, -0.15) is 4.98 Å². The van der Waals surface area contributed by atoms with E-state index >= 15 is 0 Å². The summed E-state index contributed by atoms with van der Waals surface area (Å²) in [6, 6.07) is 0.808. The number of amides is 1. The summed E-state index contributed by atoms with van der Waals surface area (Å²) in [4.78, 5) is 26.4. The summed E-state index contributed by atoms with van der Waals surface area (Å²) in [6.45, 7) is 2.31. The first-order chi connectivity index (χ1) is 13.1. The van der Waals surface area contributed by atoms with Gasteiger partial charge in [-0.25, -0.2) is 4.98 Å². The second-order valence-electron chi connectivity index (χ2n) is 7.55. The van der Waals surface area contributed by atoms with E-state index in [2.05, 4.69) is 14.9 Å². The van der Waals surface area contributed by atoms with Gasteiger partial charge >= 0.3 is 0 Å². The fourth-order valence-corrected chi connectivity index (χ4v) is 5.28. The number of aryl methyl sites for hydroxylation is 1. The molecule has 0 aliphatic heterocycles. The van der Waals surface area contributed by atoms with Gasteiger partial charge in [-0.1, -0.05) is 19.3 Å². The van der Waals surface area contributed by atoms with Crippen molar-refractivity contribution in [2.24, 2.45) is 0 Å². The van der Waals surface area contributed by atoms with Crippen LogP contribution in [0, 0.1) is 6.92 Å². The molecule has 2 aromatic heterocycles. The fraction of sp³-hybridized carbons (Fsp3) is 0.650. The maximum Gasteiger partial charge on any atom is 0.264 e. The predicted molar refractivity (Wildman–Crippen MR) is 105 cm³/mol. The molecular formula is C20H27N3O3S. The molecule has 0 N–H and O–H groups in total. The van der Waals surface area contributed by atoms with Gasteiger partial charge in [0.15, 0.2) is 5.82 Å². The summed E-state index contributed by atoms with van der Waals surface area (Å²) in [6.07, 6.45) is 8.28. The van der Waals surface area contributed by atoms with Gasteiger partial charge in [0, 0.05) is 19.2 Å². The number of aromatic nitrogens is 2. The molecule has 0 aromatic carbocycles. The van der Waals surface area contributed by atoms with Crippen LogP contribution in [0.25, 0.3) is 10.2 Å². The molecule has 2 saturated carbocycles. The maximum absolute atomic E-state index is 13.5. The second-order valence-corrected chi connectivity index (χ2v) is 8.55. The molecule has 2 aromatic rings. The molecule has 2 aliphatic rings. The first-order valence-corrected chi connectivity index (χ1v) is 10.6. The molecule has 6 nitrogen and oxygen atoms in total. The van der Waals surface area contributed by atoms with Crippen LogP contribution in [0.5, 0.6) is 5.88 Å². The van der Waals surface area contributed by atoms with Gasteiger partial charge in [-0.3, -0.25) is 4.79 Å². The summed E-state index contributed by atoms with van der Waals surface area (Å²) in [5.74, 6) is 1.27. The minimum Gasteiger partial charge on any atom is -0.480 e. The zero-order valence-electron chi connectivity index (χ0n) is 16.3. The summed E-state index contributed by atoms with van der Waals surface area (Å²) in [5.41, 5.74) is 0.933. The lowest BCUT2D eigenvalue weighted by Crippen LogP contribution is -2.43. The van der Waals surface area contributed by atoms with Gasteiger partial charge in [0.25, 0.3) is 5.91 Å². The van der Waals surface area contributed by atoms with E-state index in [0.29, 0.717) is 30.4 Å². The van der Waals surface area contributed by atoms with Crippen molar-refractivity contribution in [1.29, 1.82) is 0 Å². The highest BCUT2D eigenvalue weighted by Crippen LogP contribution is 2.40. The SMILES string of the molecule is COCc1nc(OC)c2c(C)c(C(=O)N(C3CCCCC3)C3CC3)sc2n1. The quantitative estimate of drug-likeness (QED) is 0.744. The van der Waals surface area contributed by atoms with Crippen molar-refractivity contribution in [3.63, 3.8) is 0 Å². The van der Waals surface area contributed by atoms with E-state index in [4.69, 9.17) is 9.47 Å². The van der Waals surface area contributed by atoms with E-state index in [1.54, 1.807) is 14.2 Å². The van der Waals surface area contributed by atoms with Crippen LogP contribution in [0.3, 0.4) is 0 Å². The summed E-state index contributed by atoms with van der Waals surface area (Å²) in [5, 5.41) is 0.852. The molecule has 2 aliphatic carbocycles. The first kappa shape index (κ1) is 18.6. The second kappa shape index (κ2) is 7.72. The Morgan fingerprint density at radius 1 is 1.11 bits per heavy atom. The normalized spacial score (nSPS) is 18.0. The van der Waals surface area contributed by atoms with Crippen molar-refractivity contribution in [2.45, 2.75) is 70.6 Å². The number of thiophene rings is 1. The largest absolute Gasteiger partial charge is 0.480 e. The van der Waals surface area contributed by atoms with Crippen LogP contribution in [0.1, 0.15) is 66.0 Å². The van der Waals surface area contributed by atoms with E-state index in [1.165, 1.54) is 30.6 Å². The minimum absolute atomic E-state index is 0.167. The number of methoxy groups -OCH3 is 2. The molecule has 1 amide bonds. The van der Waals surface area contributed by atoms with Crippen LogP contribution >= 0.6 is 11.3 Å². The van der Waals surface area contributed by atoms with Crippen LogP contribution in [0.2, 0.25) is 0 Å². The standard InChI is InChI=1S/C20H27N3O3S/c1-12-16-18(26-3)21-15(11-25-2)22-19(16)27-17(12)20(24)23(14-9-10-14)13-7-5-4-6-8-13/h13-14H,4-11H2,1-3H3. The number of carbonyl (C=O) groups is 1. The van der Waals surface area contributed by atoms with Crippen LogP contribution in [0.15, 0.2) is 0 Å². The Bertz CT molecular complexity index is 841. The zero-order valence-corrected chi connectivity index (χ0v) is 17.1. The van der Waals surface area contributed by atoms with Crippen molar-refractivity contribution in [3.05, 3.63) is 16.3 Å². The third-order valence-electron chi connectivity index (χ3n) is 5.61. The van der Waals surface area contributed by atoms with Crippen molar-refractivity contribution in [3.8, 4) is 5.88 Å². The lowest BCUT2D eigenvalue weighted by molar-refractivity contribution is 0.0618. The molecule has 2 heterocycles. The van der Waals surface area contributed by atoms with Crippen LogP contribution < -0.4 is 4.74 Å². The molecule has 0 radical (unpaired) electrons. The summed E-state index contributed by atoms with van der Waals surface area (Å²) >= 11 is 1.46. The highest BCUT2D eigenvalue weighted by molar-refractivity contribution is 7.20. The lowest BCUT2D eigenvalue weighted by atomic mass is 9.93. The Balaban J connectivity index is 1.73. The van der Waals surface area contributed by atoms with Gasteiger partial charge in [0.2, 0.25) is 5.88 Å². The number of ether oxygens (including phenoxy) is 2. The third-order valence-corrected chi connectivity index (χ3v) is 6.78. The molecule has 0 saturated heterocycles. The molecule has 0 bridgehead atoms. The van der Waals surface area contributed by atoms with Crippen LogP contribution in [-0.2, 0) is 11.3 Å². The zero-order chi connectivity index (χ0) is 19.0. The Hall–Kier alpha value is -1.73. The van der Waals surface area contributed by atoms with Gasteiger partial charge in [-0.15, -0.1) is 11.3 Å². The van der Waals surface area contributed by atoms with Crippen molar-refractivity contribution < 1.29 is 14.3 Å². The van der Waals surface area contributed by atoms with E-state index < -0.39 is 0 Å². The Kier molecular flexibility index (Phi) is 5.32. The summed E-state index contributed by atoms with van der Waals surface area (Å²) in [7, 11) is 3.22. The molecule has 2 fully saturated rings. The van der Waals surface area contributed by atoms with E-state index in [1.807, 2.05) is 6.92 Å². The van der Waals surface area contributed by atoms with Gasteiger partial charge in [0.05, 0.1) is 17.4 Å². The molecule has 7 heteroatoms. The fourth-order valence-electron chi connectivity index (χ4n) is 4.15. The molecule has 4 rings (SSSR count). The van der Waals surface area contributed by atoms with Crippen LogP contribution in [0.4, 0.5) is 0 Å². The molecule has 146 valence electrons. The number of nitrogens with zero attached hydrogens (tertiary/aromatic N) is 3. The Morgan fingerprint density at radius 3 is 2.44 bits per heavy atom. The van der Waals surface area contributed by atoms with E-state index in [9.17, 15) is 4.79 Å². The van der Waals surface area contributed by atoms with Crippen molar-refractivity contribution in [2.75, 3.05) is 14.2 Å². The molecule has 0 unspecified atom stereocenters. The smallest absolute Gasteiger partial charge is 0.264 e. The number of hydrogen-bond donors (Lipinski definition) is 0. The highest BCUT2D eigenvalue weighted by Gasteiger charge is 2.39. The topological polar surface area (TPSA) is 64.6 Å². The van der Waals surface area contributed by atoms with Crippen molar-refractivity contribution >= 4 is 27.5 Å². The monoisotopic (exact) mass is 389 g/mol. The Morgan fingerprint density at radius 2 is 1.81 bits per heavy atom. The van der Waals surface area contributed by atoms with Gasteiger partial charge < -0.3 is 14.4 Å². The highest BCUT2D eigenvalue weighted by atomic mass is 32.1. The molecule has 0 spiro atoms. The average Bonchev–Trinajstić information content (AvgIpc) is 3.45. The number of rotatable bonds is 6. The van der Waals surface area contributed by atoms with Gasteiger partial charge in [-0.05, 0) is 38.2 Å². The lowest BCUT2D eigenvalue weighted by Gasteiger charge is -2.34. The molecule has 27 heavy (non-hydrogen) atoms. The number of carbonyl (C=O) groups excluding carboxylic acids is 1.